The van der Waals surface area contributed by atoms with Gasteiger partial charge in [0, 0.05) is 17.9 Å². The van der Waals surface area contributed by atoms with E-state index >= 15 is 0 Å². The normalized spacial score (nSPS) is 16.5. The molecular weight excluding hydrogens is 395 g/mol. The van der Waals surface area contributed by atoms with Crippen molar-refractivity contribution in [3.8, 4) is 11.5 Å². The summed E-state index contributed by atoms with van der Waals surface area (Å²) in [6, 6.07) is 10.4. The number of nitrogens with one attached hydrogen (secondary N) is 1. The number of urea groups is 1. The van der Waals surface area contributed by atoms with E-state index in [1.165, 1.54) is 0 Å². The van der Waals surface area contributed by atoms with E-state index < -0.39 is 0 Å². The molecule has 0 aromatic heterocycles. The van der Waals surface area contributed by atoms with Gasteiger partial charge < -0.3 is 19.7 Å². The molecule has 1 saturated heterocycles. The Morgan fingerprint density at radius 3 is 2.58 bits per heavy atom. The summed E-state index contributed by atoms with van der Waals surface area (Å²) in [6.07, 6.45) is 0. The molecule has 0 aliphatic carbocycles. The number of para-hydroxylation sites is 1. The van der Waals surface area contributed by atoms with E-state index in [0.717, 1.165) is 11.3 Å². The van der Waals surface area contributed by atoms with Gasteiger partial charge in [0.25, 0.3) is 0 Å². The van der Waals surface area contributed by atoms with Crippen LogP contribution in [0.3, 0.4) is 0 Å². The second kappa shape index (κ2) is 8.29. The lowest BCUT2D eigenvalue weighted by Gasteiger charge is -2.26. The third kappa shape index (κ3) is 3.82. The Morgan fingerprint density at radius 2 is 1.92 bits per heavy atom. The summed E-state index contributed by atoms with van der Waals surface area (Å²) < 4.78 is 10.8. The minimum Gasteiger partial charge on any atom is -0.497 e. The fourth-order valence-electron chi connectivity index (χ4n) is 2.76. The number of halogens is 2. The summed E-state index contributed by atoms with van der Waals surface area (Å²) in [7, 11) is 3.22. The summed E-state index contributed by atoms with van der Waals surface area (Å²) in [4.78, 5) is 14.6. The maximum Gasteiger partial charge on any atom is 0.323 e. The van der Waals surface area contributed by atoms with Gasteiger partial charge in [-0.2, -0.15) is 0 Å². The number of carbonyl (C=O) groups excluding carboxylic acids is 1. The number of thioether (sulfide) groups is 1. The lowest BCUT2D eigenvalue weighted by atomic mass is 10.1. The lowest BCUT2D eigenvalue weighted by molar-refractivity contribution is 0.213. The first-order chi connectivity index (χ1) is 12.5. The van der Waals surface area contributed by atoms with Crippen LogP contribution in [0.1, 0.15) is 10.9 Å². The smallest absolute Gasteiger partial charge is 0.323 e. The van der Waals surface area contributed by atoms with Gasteiger partial charge in [-0.3, -0.25) is 0 Å². The number of amides is 2. The zero-order valence-corrected chi connectivity index (χ0v) is 16.6. The summed E-state index contributed by atoms with van der Waals surface area (Å²) in [5, 5.41) is 3.42. The number of ether oxygens (including phenoxy) is 2. The Hall–Kier alpha value is -1.76. The largest absolute Gasteiger partial charge is 0.497 e. The van der Waals surface area contributed by atoms with Crippen molar-refractivity contribution in [1.82, 2.24) is 4.90 Å². The van der Waals surface area contributed by atoms with Crippen molar-refractivity contribution >= 4 is 46.7 Å². The van der Waals surface area contributed by atoms with Crippen LogP contribution in [0, 0.1) is 0 Å². The van der Waals surface area contributed by atoms with Crippen molar-refractivity contribution in [3.63, 3.8) is 0 Å². The van der Waals surface area contributed by atoms with Crippen LogP contribution >= 0.6 is 35.0 Å². The molecule has 0 radical (unpaired) electrons. The van der Waals surface area contributed by atoms with Crippen molar-refractivity contribution in [2.75, 3.05) is 31.8 Å². The first-order valence-electron chi connectivity index (χ1n) is 7.90. The minimum atomic E-state index is -0.264. The van der Waals surface area contributed by atoms with Crippen molar-refractivity contribution in [2.24, 2.45) is 0 Å². The molecule has 0 spiro atoms. The van der Waals surface area contributed by atoms with Crippen molar-refractivity contribution in [3.05, 3.63) is 52.0 Å². The first-order valence-corrected chi connectivity index (χ1v) is 9.70. The molecule has 1 N–H and O–H groups in total. The Bertz CT molecular complexity index is 799. The van der Waals surface area contributed by atoms with Gasteiger partial charge in [-0.05, 0) is 30.3 Å². The molecule has 138 valence electrons. The van der Waals surface area contributed by atoms with Crippen molar-refractivity contribution in [2.45, 2.75) is 5.37 Å². The summed E-state index contributed by atoms with van der Waals surface area (Å²) >= 11 is 14.0. The second-order valence-electron chi connectivity index (χ2n) is 5.55. The highest BCUT2D eigenvalue weighted by Crippen LogP contribution is 2.43. The van der Waals surface area contributed by atoms with Crippen LogP contribution in [0.15, 0.2) is 36.4 Å². The van der Waals surface area contributed by atoms with Gasteiger partial charge in [0.1, 0.15) is 16.9 Å². The molecule has 1 aliphatic heterocycles. The van der Waals surface area contributed by atoms with Crippen LogP contribution in [0.4, 0.5) is 10.5 Å². The fourth-order valence-corrected chi connectivity index (χ4v) is 4.53. The first kappa shape index (κ1) is 19.0. The number of carbonyl (C=O) groups is 1. The average molecular weight is 413 g/mol. The highest BCUT2D eigenvalue weighted by Gasteiger charge is 2.33. The van der Waals surface area contributed by atoms with Crippen LogP contribution in [0.25, 0.3) is 0 Å². The van der Waals surface area contributed by atoms with Crippen molar-refractivity contribution < 1.29 is 14.3 Å². The number of hydrogen-bond donors (Lipinski definition) is 1. The topological polar surface area (TPSA) is 50.8 Å². The van der Waals surface area contributed by atoms with Gasteiger partial charge >= 0.3 is 6.03 Å². The molecule has 2 aromatic carbocycles. The molecule has 1 heterocycles. The van der Waals surface area contributed by atoms with E-state index in [1.54, 1.807) is 49.1 Å². The maximum atomic E-state index is 12.9. The predicted molar refractivity (Wildman–Crippen MR) is 107 cm³/mol. The predicted octanol–water partition coefficient (Wildman–Crippen LogP) is 5.29. The molecule has 0 unspecified atom stereocenters. The SMILES string of the molecule is COc1ccc(OC)c([C@@H]2SCCN2C(=O)Nc2c(Cl)cccc2Cl)c1. The monoisotopic (exact) mass is 412 g/mol. The van der Waals surface area contributed by atoms with Gasteiger partial charge in [0.2, 0.25) is 0 Å². The maximum absolute atomic E-state index is 12.9. The molecule has 0 saturated carbocycles. The van der Waals surface area contributed by atoms with E-state index in [2.05, 4.69) is 5.32 Å². The van der Waals surface area contributed by atoms with E-state index in [9.17, 15) is 4.79 Å². The Morgan fingerprint density at radius 1 is 1.19 bits per heavy atom. The zero-order valence-electron chi connectivity index (χ0n) is 14.3. The number of hydrogen-bond acceptors (Lipinski definition) is 4. The van der Waals surface area contributed by atoms with Crippen LogP contribution in [0.5, 0.6) is 11.5 Å². The molecule has 5 nitrogen and oxygen atoms in total. The summed E-state index contributed by atoms with van der Waals surface area (Å²) in [6.45, 7) is 0.601. The number of rotatable bonds is 4. The molecule has 1 atom stereocenters. The Balaban J connectivity index is 1.88. The van der Waals surface area contributed by atoms with Gasteiger partial charge in [-0.15, -0.1) is 11.8 Å². The van der Waals surface area contributed by atoms with Gasteiger partial charge in [0.15, 0.2) is 0 Å². The van der Waals surface area contributed by atoms with E-state index in [4.69, 9.17) is 32.7 Å². The second-order valence-corrected chi connectivity index (χ2v) is 7.55. The molecule has 26 heavy (non-hydrogen) atoms. The molecule has 0 bridgehead atoms. The minimum absolute atomic E-state index is 0.193. The molecule has 8 heteroatoms. The third-order valence-electron chi connectivity index (χ3n) is 4.05. The highest BCUT2D eigenvalue weighted by atomic mass is 35.5. The van der Waals surface area contributed by atoms with Crippen LogP contribution in [-0.4, -0.2) is 37.4 Å². The van der Waals surface area contributed by atoms with Crippen LogP contribution in [-0.2, 0) is 0 Å². The summed E-state index contributed by atoms with van der Waals surface area (Å²) in [5.41, 5.74) is 1.30. The molecule has 2 amide bonds. The van der Waals surface area contributed by atoms with Crippen molar-refractivity contribution in [1.29, 1.82) is 0 Å². The molecule has 3 rings (SSSR count). The fraction of sp³-hybridized carbons (Fsp3) is 0.278. The number of methoxy groups -OCH3 is 2. The van der Waals surface area contributed by atoms with E-state index in [0.29, 0.717) is 33.8 Å². The standard InChI is InChI=1S/C18H18Cl2N2O3S/c1-24-11-6-7-15(25-2)12(10-11)17-22(8-9-26-17)18(23)21-16-13(19)4-3-5-14(16)20/h3-7,10,17H,8-9H2,1-2H3,(H,21,23)/t17-/m0/s1. The van der Waals surface area contributed by atoms with Crippen LogP contribution in [0.2, 0.25) is 10.0 Å². The van der Waals surface area contributed by atoms with Gasteiger partial charge in [0.05, 0.1) is 30.0 Å². The molecular formula is C18H18Cl2N2O3S. The quantitative estimate of drug-likeness (QED) is 0.740. The lowest BCUT2D eigenvalue weighted by Crippen LogP contribution is -2.34. The average Bonchev–Trinajstić information content (AvgIpc) is 3.14. The molecule has 1 aliphatic rings. The Kier molecular flexibility index (Phi) is 6.06. The number of nitrogens with zero attached hydrogens (tertiary/aromatic N) is 1. The molecule has 2 aromatic rings. The number of benzene rings is 2. The van der Waals surface area contributed by atoms with E-state index in [-0.39, 0.29) is 11.4 Å². The third-order valence-corrected chi connectivity index (χ3v) is 5.92. The van der Waals surface area contributed by atoms with Crippen LogP contribution < -0.4 is 14.8 Å². The number of anilines is 1. The zero-order chi connectivity index (χ0) is 18.7. The summed E-state index contributed by atoms with van der Waals surface area (Å²) in [5.74, 6) is 2.23. The van der Waals surface area contributed by atoms with E-state index in [1.807, 2.05) is 18.2 Å². The highest BCUT2D eigenvalue weighted by molar-refractivity contribution is 7.99. The van der Waals surface area contributed by atoms with Gasteiger partial charge in [-0.1, -0.05) is 29.3 Å². The Labute approximate surface area is 166 Å². The molecule has 1 fully saturated rings. The van der Waals surface area contributed by atoms with Gasteiger partial charge in [-0.25, -0.2) is 4.79 Å².